The lowest BCUT2D eigenvalue weighted by Gasteiger charge is -2.15. The average molecular weight is 248 g/mol. The fourth-order valence-corrected chi connectivity index (χ4v) is 2.04. The van der Waals surface area contributed by atoms with Crippen LogP contribution in [-0.2, 0) is 6.54 Å². The monoisotopic (exact) mass is 248 g/mol. The Bertz CT molecular complexity index is 536. The summed E-state index contributed by atoms with van der Waals surface area (Å²) in [6, 6.07) is 4.31. The first-order valence-corrected chi connectivity index (χ1v) is 6.03. The van der Waals surface area contributed by atoms with Crippen molar-refractivity contribution in [3.63, 3.8) is 0 Å². The highest BCUT2D eigenvalue weighted by Crippen LogP contribution is 2.22. The maximum Gasteiger partial charge on any atom is 0.123 e. The maximum atomic E-state index is 13.1. The number of halogens is 1. The van der Waals surface area contributed by atoms with Crippen LogP contribution in [-0.4, -0.2) is 15.0 Å². The summed E-state index contributed by atoms with van der Waals surface area (Å²) < 4.78 is 14.9. The smallest absolute Gasteiger partial charge is 0.123 e. The summed E-state index contributed by atoms with van der Waals surface area (Å²) in [7, 11) is 0. The SMILES string of the molecule is CCCn1nncc1C(N)c1ccc(F)cc1C. The molecule has 0 aliphatic rings. The molecule has 2 rings (SSSR count). The number of nitrogens with two attached hydrogens (primary N) is 1. The van der Waals surface area contributed by atoms with E-state index < -0.39 is 0 Å². The van der Waals surface area contributed by atoms with E-state index >= 15 is 0 Å². The molecule has 1 aromatic heterocycles. The standard InChI is InChI=1S/C13H17FN4/c1-3-6-18-12(8-16-17-18)13(15)11-5-4-10(14)7-9(11)2/h4-5,7-8,13H,3,6,15H2,1-2H3. The lowest BCUT2D eigenvalue weighted by Crippen LogP contribution is -2.18. The van der Waals surface area contributed by atoms with Crippen molar-refractivity contribution in [1.29, 1.82) is 0 Å². The van der Waals surface area contributed by atoms with Crippen LogP contribution < -0.4 is 5.73 Å². The van der Waals surface area contributed by atoms with Crippen molar-refractivity contribution in [1.82, 2.24) is 15.0 Å². The molecule has 0 radical (unpaired) electrons. The highest BCUT2D eigenvalue weighted by atomic mass is 19.1. The third-order valence-corrected chi connectivity index (χ3v) is 2.97. The minimum absolute atomic E-state index is 0.247. The predicted molar refractivity (Wildman–Crippen MR) is 67.5 cm³/mol. The van der Waals surface area contributed by atoms with Gasteiger partial charge in [0, 0.05) is 6.54 Å². The Labute approximate surface area is 106 Å². The molecular formula is C13H17FN4. The Morgan fingerprint density at radius 2 is 2.22 bits per heavy atom. The summed E-state index contributed by atoms with van der Waals surface area (Å²) in [6.45, 7) is 4.70. The maximum absolute atomic E-state index is 13.1. The molecule has 0 fully saturated rings. The van der Waals surface area contributed by atoms with Crippen LogP contribution in [0.1, 0.15) is 36.2 Å². The van der Waals surface area contributed by atoms with Crippen LogP contribution in [0.3, 0.4) is 0 Å². The van der Waals surface area contributed by atoms with Gasteiger partial charge in [0.1, 0.15) is 5.82 Å². The Morgan fingerprint density at radius 3 is 2.89 bits per heavy atom. The van der Waals surface area contributed by atoms with Crippen molar-refractivity contribution in [3.8, 4) is 0 Å². The lowest BCUT2D eigenvalue weighted by atomic mass is 9.99. The summed E-state index contributed by atoms with van der Waals surface area (Å²) in [6.07, 6.45) is 2.63. The third-order valence-electron chi connectivity index (χ3n) is 2.97. The van der Waals surface area contributed by atoms with Crippen molar-refractivity contribution in [2.24, 2.45) is 5.73 Å². The molecule has 1 unspecified atom stereocenters. The molecule has 18 heavy (non-hydrogen) atoms. The molecular weight excluding hydrogens is 231 g/mol. The van der Waals surface area contributed by atoms with E-state index in [4.69, 9.17) is 5.73 Å². The van der Waals surface area contributed by atoms with Gasteiger partial charge in [-0.15, -0.1) is 5.10 Å². The molecule has 4 nitrogen and oxygen atoms in total. The molecule has 0 aliphatic carbocycles. The van der Waals surface area contributed by atoms with Crippen LogP contribution in [0.4, 0.5) is 4.39 Å². The molecule has 2 aromatic rings. The van der Waals surface area contributed by atoms with Gasteiger partial charge in [-0.05, 0) is 36.6 Å². The van der Waals surface area contributed by atoms with Crippen LogP contribution in [0.25, 0.3) is 0 Å². The van der Waals surface area contributed by atoms with Crippen LogP contribution in [0, 0.1) is 12.7 Å². The Morgan fingerprint density at radius 1 is 1.44 bits per heavy atom. The van der Waals surface area contributed by atoms with Gasteiger partial charge >= 0.3 is 0 Å². The zero-order valence-electron chi connectivity index (χ0n) is 10.6. The molecule has 1 heterocycles. The quantitative estimate of drug-likeness (QED) is 0.902. The first-order valence-electron chi connectivity index (χ1n) is 6.03. The van der Waals surface area contributed by atoms with E-state index in [2.05, 4.69) is 17.2 Å². The summed E-state index contributed by atoms with van der Waals surface area (Å²) in [5.74, 6) is -0.247. The Hall–Kier alpha value is -1.75. The molecule has 0 saturated carbocycles. The number of nitrogens with zero attached hydrogens (tertiary/aromatic N) is 3. The predicted octanol–water partition coefficient (Wildman–Crippen LogP) is 2.18. The van der Waals surface area contributed by atoms with Crippen LogP contribution >= 0.6 is 0 Å². The summed E-state index contributed by atoms with van der Waals surface area (Å²) in [4.78, 5) is 0. The van der Waals surface area contributed by atoms with E-state index in [1.807, 2.05) is 6.92 Å². The first-order chi connectivity index (χ1) is 8.63. The number of aryl methyl sites for hydroxylation is 2. The molecule has 2 N–H and O–H groups in total. The second-order valence-electron chi connectivity index (χ2n) is 4.36. The highest BCUT2D eigenvalue weighted by molar-refractivity contribution is 5.33. The minimum Gasteiger partial charge on any atom is -0.319 e. The molecule has 0 spiro atoms. The van der Waals surface area contributed by atoms with Crippen molar-refractivity contribution < 1.29 is 4.39 Å². The zero-order valence-corrected chi connectivity index (χ0v) is 10.6. The fourth-order valence-electron chi connectivity index (χ4n) is 2.04. The highest BCUT2D eigenvalue weighted by Gasteiger charge is 2.16. The van der Waals surface area contributed by atoms with Gasteiger partial charge in [0.05, 0.1) is 17.9 Å². The molecule has 0 aliphatic heterocycles. The van der Waals surface area contributed by atoms with Gasteiger partial charge in [0.15, 0.2) is 0 Å². The molecule has 1 atom stereocenters. The van der Waals surface area contributed by atoms with E-state index in [-0.39, 0.29) is 11.9 Å². The van der Waals surface area contributed by atoms with E-state index in [1.165, 1.54) is 12.1 Å². The van der Waals surface area contributed by atoms with E-state index in [1.54, 1.807) is 16.9 Å². The molecule has 1 aromatic carbocycles. The Balaban J connectivity index is 2.35. The lowest BCUT2D eigenvalue weighted by molar-refractivity contribution is 0.542. The topological polar surface area (TPSA) is 56.7 Å². The van der Waals surface area contributed by atoms with E-state index in [0.29, 0.717) is 0 Å². The summed E-state index contributed by atoms with van der Waals surface area (Å²) >= 11 is 0. The summed E-state index contributed by atoms with van der Waals surface area (Å²) in [5, 5.41) is 7.91. The van der Waals surface area contributed by atoms with Crippen molar-refractivity contribution in [2.45, 2.75) is 32.9 Å². The van der Waals surface area contributed by atoms with Gasteiger partial charge in [0.25, 0.3) is 0 Å². The minimum atomic E-state index is -0.327. The van der Waals surface area contributed by atoms with Gasteiger partial charge in [0.2, 0.25) is 0 Å². The first kappa shape index (κ1) is 12.7. The second-order valence-corrected chi connectivity index (χ2v) is 4.36. The number of hydrogen-bond donors (Lipinski definition) is 1. The number of rotatable bonds is 4. The summed E-state index contributed by atoms with van der Waals surface area (Å²) in [5.41, 5.74) is 8.81. The largest absolute Gasteiger partial charge is 0.319 e. The fraction of sp³-hybridized carbons (Fsp3) is 0.385. The van der Waals surface area contributed by atoms with Crippen molar-refractivity contribution in [2.75, 3.05) is 0 Å². The van der Waals surface area contributed by atoms with Gasteiger partial charge in [-0.25, -0.2) is 9.07 Å². The number of hydrogen-bond acceptors (Lipinski definition) is 3. The van der Waals surface area contributed by atoms with Gasteiger partial charge in [-0.1, -0.05) is 18.2 Å². The third kappa shape index (κ3) is 2.41. The molecule has 0 bridgehead atoms. The van der Waals surface area contributed by atoms with Gasteiger partial charge in [-0.3, -0.25) is 0 Å². The second kappa shape index (κ2) is 5.27. The number of aromatic nitrogens is 3. The molecule has 0 amide bonds. The van der Waals surface area contributed by atoms with Crippen LogP contribution in [0.2, 0.25) is 0 Å². The number of benzene rings is 1. The molecule has 0 saturated heterocycles. The molecule has 96 valence electrons. The Kier molecular flexibility index (Phi) is 3.72. The van der Waals surface area contributed by atoms with Crippen LogP contribution in [0.5, 0.6) is 0 Å². The van der Waals surface area contributed by atoms with Crippen molar-refractivity contribution in [3.05, 3.63) is 47.0 Å². The van der Waals surface area contributed by atoms with Crippen molar-refractivity contribution >= 4 is 0 Å². The molecule has 5 heteroatoms. The van der Waals surface area contributed by atoms with E-state index in [9.17, 15) is 4.39 Å². The van der Waals surface area contributed by atoms with E-state index in [0.717, 1.165) is 29.8 Å². The normalized spacial score (nSPS) is 12.7. The zero-order chi connectivity index (χ0) is 13.1. The van der Waals surface area contributed by atoms with Gasteiger partial charge < -0.3 is 5.73 Å². The van der Waals surface area contributed by atoms with Gasteiger partial charge in [-0.2, -0.15) is 0 Å². The van der Waals surface area contributed by atoms with Crippen LogP contribution in [0.15, 0.2) is 24.4 Å². The average Bonchev–Trinajstić information content (AvgIpc) is 2.77.